The van der Waals surface area contributed by atoms with Crippen LogP contribution in [0.4, 0.5) is 4.79 Å². The van der Waals surface area contributed by atoms with E-state index in [0.717, 1.165) is 12.1 Å². The van der Waals surface area contributed by atoms with Crippen LogP contribution in [0.5, 0.6) is 0 Å². The first-order chi connectivity index (χ1) is 31.1. The van der Waals surface area contributed by atoms with Crippen LogP contribution in [-0.4, -0.2) is 183 Å². The SMILES string of the molecule is CCN(CCNC(=O)O[C@H]1[C@H](C)O[C@@H](O[C@H]2[C@H](C)[C@@H](O[C@H]3O[C@H](C)C[C@H](N(C)C)[C@H]3O)[C@@](C)(OC)C[C@@H](C)[C@H](O)[C@H](C)N3CC(C3)OC(=O)[C@@H]2C)C[C@@]1(C)OC)C(C)c1cccc(C#N)c1. The molecule has 0 aromatic heterocycles. The smallest absolute Gasteiger partial charge is 0.407 e. The number of ether oxygens (including phenoxy) is 8. The van der Waals surface area contributed by atoms with E-state index in [1.807, 2.05) is 85.7 Å². The molecule has 1 aromatic rings. The molecule has 17 heteroatoms. The number of rotatable bonds is 14. The molecular formula is C49H81N5O12. The second kappa shape index (κ2) is 23.1. The number of aliphatic hydroxyl groups is 2. The van der Waals surface area contributed by atoms with Gasteiger partial charge in [0.15, 0.2) is 18.7 Å². The predicted octanol–water partition coefficient (Wildman–Crippen LogP) is 4.47. The minimum absolute atomic E-state index is 0.0174. The average Bonchev–Trinajstić information content (AvgIpc) is 3.27. The van der Waals surface area contributed by atoms with Crippen LogP contribution >= 0.6 is 0 Å². The summed E-state index contributed by atoms with van der Waals surface area (Å²) in [4.78, 5) is 33.9. The molecule has 0 saturated carbocycles. The zero-order valence-corrected chi connectivity index (χ0v) is 42.0. The number of esters is 1. The first-order valence-electron chi connectivity index (χ1n) is 24.0. The molecule has 5 saturated heterocycles. The molecule has 5 aliphatic heterocycles. The van der Waals surface area contributed by atoms with Gasteiger partial charge >= 0.3 is 12.1 Å². The van der Waals surface area contributed by atoms with E-state index in [9.17, 15) is 25.1 Å². The highest BCUT2D eigenvalue weighted by Gasteiger charge is 2.54. The van der Waals surface area contributed by atoms with E-state index < -0.39 is 84.3 Å². The summed E-state index contributed by atoms with van der Waals surface area (Å²) < 4.78 is 51.5. The van der Waals surface area contributed by atoms with Crippen LogP contribution in [-0.2, 0) is 42.7 Å². The number of carbonyl (C=O) groups is 2. The lowest BCUT2D eigenvalue weighted by Crippen LogP contribution is -2.63. The van der Waals surface area contributed by atoms with Gasteiger partial charge < -0.3 is 58.3 Å². The van der Waals surface area contributed by atoms with Crippen molar-refractivity contribution in [1.29, 1.82) is 5.26 Å². The number of fused-ring (bicyclic) bond motifs is 10. The minimum Gasteiger partial charge on any atom is -0.459 e. The van der Waals surface area contributed by atoms with E-state index in [0.29, 0.717) is 44.6 Å². The van der Waals surface area contributed by atoms with Gasteiger partial charge in [-0.2, -0.15) is 5.26 Å². The van der Waals surface area contributed by atoms with Gasteiger partial charge in [-0.3, -0.25) is 14.6 Å². The Morgan fingerprint density at radius 2 is 1.67 bits per heavy atom. The lowest BCUT2D eigenvalue weighted by molar-refractivity contribution is -0.319. The number of benzene rings is 1. The molecule has 6 rings (SSSR count). The zero-order valence-electron chi connectivity index (χ0n) is 42.0. The summed E-state index contributed by atoms with van der Waals surface area (Å²) in [6, 6.07) is 9.30. The molecule has 66 heavy (non-hydrogen) atoms. The molecule has 1 aromatic carbocycles. The van der Waals surface area contributed by atoms with Gasteiger partial charge in [0.1, 0.15) is 17.8 Å². The fraction of sp³-hybridized carbons (Fsp3) is 0.816. The van der Waals surface area contributed by atoms with Crippen molar-refractivity contribution in [2.24, 2.45) is 17.8 Å². The summed E-state index contributed by atoms with van der Waals surface area (Å²) in [6.07, 6.45) is -7.11. The van der Waals surface area contributed by atoms with Crippen LogP contribution < -0.4 is 5.32 Å². The van der Waals surface area contributed by atoms with E-state index in [-0.39, 0.29) is 42.7 Å². The van der Waals surface area contributed by atoms with Crippen molar-refractivity contribution in [2.45, 2.75) is 179 Å². The Bertz CT molecular complexity index is 1780. The van der Waals surface area contributed by atoms with Crippen LogP contribution in [0.1, 0.15) is 106 Å². The molecule has 0 radical (unpaired) electrons. The number of nitrogens with zero attached hydrogens (tertiary/aromatic N) is 4. The minimum atomic E-state index is -1.09. The summed E-state index contributed by atoms with van der Waals surface area (Å²) in [5.41, 5.74) is -0.552. The summed E-state index contributed by atoms with van der Waals surface area (Å²) in [7, 11) is 6.99. The first kappa shape index (κ1) is 54.0. The predicted molar refractivity (Wildman–Crippen MR) is 246 cm³/mol. The Morgan fingerprint density at radius 3 is 2.29 bits per heavy atom. The van der Waals surface area contributed by atoms with Gasteiger partial charge in [0.2, 0.25) is 0 Å². The number of carbonyl (C=O) groups excluding carboxylic acids is 2. The maximum Gasteiger partial charge on any atom is 0.407 e. The van der Waals surface area contributed by atoms with Crippen LogP contribution in [0.25, 0.3) is 0 Å². The van der Waals surface area contributed by atoms with Gasteiger partial charge in [0.25, 0.3) is 0 Å². The number of methoxy groups -OCH3 is 2. The Hall–Kier alpha value is -2.99. The lowest BCUT2D eigenvalue weighted by atomic mass is 9.76. The molecule has 0 spiro atoms. The maximum absolute atomic E-state index is 14.2. The summed E-state index contributed by atoms with van der Waals surface area (Å²) in [6.45, 7) is 21.9. The fourth-order valence-electron chi connectivity index (χ4n) is 10.7. The molecule has 17 nitrogen and oxygen atoms in total. The molecular weight excluding hydrogens is 851 g/mol. The van der Waals surface area contributed by atoms with Crippen LogP contribution in [0.3, 0.4) is 0 Å². The van der Waals surface area contributed by atoms with Crippen molar-refractivity contribution in [3.8, 4) is 6.07 Å². The standard InChI is InChI=1S/C49H81N5O12/c1-15-53(32(6)36-18-16-17-35(22-36)25-50)20-19-51-47(58)66-44-34(8)62-39(24-49(44,10)60-14)64-42-30(4)43(65-46-41(56)38(52(11)12)21-29(3)61-46)48(9,59-13)23-28(2)40(55)33(7)54-26-37(27-54)63-45(57)31(42)5/h16-18,22,28-34,37-44,46,55-56H,15,19-21,23-24,26-27H2,1-14H3,(H,51,58)/t28-,29-,30+,31-,32?,33+,34+,38+,39+,40+,41-,42+,43-,44+,46-,48+,49-/m1/s1. The van der Waals surface area contributed by atoms with Crippen molar-refractivity contribution < 1.29 is 57.7 Å². The van der Waals surface area contributed by atoms with E-state index in [4.69, 9.17) is 37.9 Å². The molecule has 1 unspecified atom stereocenters. The largest absolute Gasteiger partial charge is 0.459 e. The van der Waals surface area contributed by atoms with Crippen molar-refractivity contribution in [2.75, 3.05) is 61.0 Å². The van der Waals surface area contributed by atoms with Crippen molar-refractivity contribution in [1.82, 2.24) is 20.0 Å². The Labute approximate surface area is 393 Å². The number of amides is 1. The fourth-order valence-corrected chi connectivity index (χ4v) is 10.7. The Balaban J connectivity index is 1.38. The van der Waals surface area contributed by atoms with Crippen LogP contribution in [0.15, 0.2) is 24.3 Å². The summed E-state index contributed by atoms with van der Waals surface area (Å²) in [5, 5.41) is 35.7. The number of hydrogen-bond acceptors (Lipinski definition) is 16. The Kier molecular flexibility index (Phi) is 18.9. The molecule has 5 fully saturated rings. The number of nitrogens with one attached hydrogen (secondary N) is 1. The second-order valence-corrected chi connectivity index (χ2v) is 20.1. The molecule has 3 N–H and O–H groups in total. The summed E-state index contributed by atoms with van der Waals surface area (Å²) >= 11 is 0. The van der Waals surface area contributed by atoms with E-state index in [1.54, 1.807) is 34.1 Å². The first-order valence-corrected chi connectivity index (χ1v) is 24.0. The highest BCUT2D eigenvalue weighted by molar-refractivity contribution is 5.73. The van der Waals surface area contributed by atoms with E-state index in [1.165, 1.54) is 0 Å². The maximum atomic E-state index is 14.2. The second-order valence-electron chi connectivity index (χ2n) is 20.1. The average molecular weight is 932 g/mol. The van der Waals surface area contributed by atoms with Crippen LogP contribution in [0.2, 0.25) is 0 Å². The molecule has 1 amide bonds. The monoisotopic (exact) mass is 932 g/mol. The number of alkyl carbamates (subject to hydrolysis) is 1. The highest BCUT2D eigenvalue weighted by atomic mass is 16.7. The van der Waals surface area contributed by atoms with Crippen LogP contribution in [0, 0.1) is 29.1 Å². The molecule has 17 atom stereocenters. The molecule has 374 valence electrons. The summed E-state index contributed by atoms with van der Waals surface area (Å²) in [5.74, 6) is -2.16. The quantitative estimate of drug-likeness (QED) is 0.221. The van der Waals surface area contributed by atoms with Gasteiger partial charge in [-0.1, -0.05) is 32.9 Å². The number of aliphatic hydroxyl groups excluding tert-OH is 2. The van der Waals surface area contributed by atoms with E-state index >= 15 is 0 Å². The molecule has 5 aliphatic rings. The van der Waals surface area contributed by atoms with E-state index in [2.05, 4.69) is 28.1 Å². The lowest BCUT2D eigenvalue weighted by Gasteiger charge is -2.51. The third kappa shape index (κ3) is 12.4. The number of likely N-dealkylation sites (N-methyl/N-ethyl adjacent to an activating group) is 2. The van der Waals surface area contributed by atoms with Crippen molar-refractivity contribution >= 4 is 12.1 Å². The third-order valence-corrected chi connectivity index (χ3v) is 15.1. The van der Waals surface area contributed by atoms with Crippen molar-refractivity contribution in [3.05, 3.63) is 35.4 Å². The molecule has 5 heterocycles. The topological polar surface area (TPSA) is 194 Å². The molecule has 0 aliphatic carbocycles. The van der Waals surface area contributed by atoms with Gasteiger partial charge in [-0.25, -0.2) is 4.79 Å². The number of nitriles is 1. The Morgan fingerprint density at radius 1 is 1.00 bits per heavy atom. The normalized spacial score (nSPS) is 40.7. The molecule has 2 bridgehead atoms. The number of hydrogen-bond donors (Lipinski definition) is 3. The van der Waals surface area contributed by atoms with Gasteiger partial charge in [0.05, 0.1) is 53.7 Å². The highest BCUT2D eigenvalue weighted by Crippen LogP contribution is 2.42. The van der Waals surface area contributed by atoms with Crippen molar-refractivity contribution in [3.63, 3.8) is 0 Å². The zero-order chi connectivity index (χ0) is 48.8. The third-order valence-electron chi connectivity index (χ3n) is 15.1. The van der Waals surface area contributed by atoms with Gasteiger partial charge in [-0.05, 0) is 106 Å². The van der Waals surface area contributed by atoms with Gasteiger partial charge in [0, 0.05) is 70.9 Å². The van der Waals surface area contributed by atoms with Gasteiger partial charge in [-0.15, -0.1) is 0 Å².